The molecule has 0 fully saturated rings. The van der Waals surface area contributed by atoms with Crippen LogP contribution in [0.4, 0.5) is 0 Å². The third-order valence-corrected chi connectivity index (χ3v) is 3.69. The number of carbonyl (C=O) groups excluding carboxylic acids is 2. The molecule has 2 amide bonds. The molecule has 0 unspecified atom stereocenters. The Morgan fingerprint density at radius 2 is 2.05 bits per heavy atom. The Balaban J connectivity index is 2.53. The van der Waals surface area contributed by atoms with Crippen molar-refractivity contribution < 1.29 is 9.59 Å². The molecule has 1 aromatic heterocycles. The lowest BCUT2D eigenvalue weighted by Gasteiger charge is -2.26. The first-order chi connectivity index (χ1) is 8.90. The van der Waals surface area contributed by atoms with Crippen molar-refractivity contribution in [1.82, 2.24) is 9.80 Å². The third kappa shape index (κ3) is 5.40. The van der Waals surface area contributed by atoms with Gasteiger partial charge < -0.3 is 10.6 Å². The summed E-state index contributed by atoms with van der Waals surface area (Å²) in [6.45, 7) is 4.79. The van der Waals surface area contributed by atoms with Crippen LogP contribution in [0.5, 0.6) is 0 Å². The molecular weight excluding hydrogens is 262 g/mol. The van der Waals surface area contributed by atoms with E-state index in [9.17, 15) is 9.59 Å². The number of primary amides is 1. The highest BCUT2D eigenvalue weighted by Gasteiger charge is 2.18. The highest BCUT2D eigenvalue weighted by Crippen LogP contribution is 2.11. The molecule has 0 atom stereocenters. The molecule has 0 bridgehead atoms. The molecule has 0 aromatic carbocycles. The molecule has 1 rings (SSSR count). The molecule has 0 saturated carbocycles. The minimum atomic E-state index is -0.414. The van der Waals surface area contributed by atoms with Gasteiger partial charge in [-0.05, 0) is 25.3 Å². The Hall–Kier alpha value is -1.40. The summed E-state index contributed by atoms with van der Waals surface area (Å²) in [6, 6.07) is 4.07. The molecule has 0 saturated heterocycles. The van der Waals surface area contributed by atoms with E-state index in [1.165, 1.54) is 0 Å². The smallest absolute Gasteiger partial charge is 0.236 e. The Labute approximate surface area is 118 Å². The summed E-state index contributed by atoms with van der Waals surface area (Å²) in [5.41, 5.74) is 5.19. The van der Waals surface area contributed by atoms with Crippen molar-refractivity contribution in [2.45, 2.75) is 26.4 Å². The average molecular weight is 283 g/mol. The van der Waals surface area contributed by atoms with Crippen LogP contribution >= 0.6 is 11.3 Å². The summed E-state index contributed by atoms with van der Waals surface area (Å²) in [5, 5.41) is 1.99. The maximum atomic E-state index is 12.1. The van der Waals surface area contributed by atoms with Gasteiger partial charge in [-0.2, -0.15) is 0 Å². The summed E-state index contributed by atoms with van der Waals surface area (Å²) < 4.78 is 0. The lowest BCUT2D eigenvalue weighted by Crippen LogP contribution is -2.45. The van der Waals surface area contributed by atoms with Crippen molar-refractivity contribution in [3.63, 3.8) is 0 Å². The molecule has 19 heavy (non-hydrogen) atoms. The van der Waals surface area contributed by atoms with Crippen molar-refractivity contribution in [3.8, 4) is 0 Å². The quantitative estimate of drug-likeness (QED) is 0.808. The molecule has 0 aliphatic heterocycles. The zero-order valence-corrected chi connectivity index (χ0v) is 12.4. The van der Waals surface area contributed by atoms with Gasteiger partial charge in [0.1, 0.15) is 0 Å². The van der Waals surface area contributed by atoms with Crippen molar-refractivity contribution in [1.29, 1.82) is 0 Å². The van der Waals surface area contributed by atoms with Gasteiger partial charge in [-0.3, -0.25) is 14.5 Å². The molecular formula is C13H21N3O2S. The number of hydrogen-bond acceptors (Lipinski definition) is 4. The topological polar surface area (TPSA) is 66.6 Å². The first-order valence-electron chi connectivity index (χ1n) is 6.19. The van der Waals surface area contributed by atoms with Crippen LogP contribution < -0.4 is 5.73 Å². The summed E-state index contributed by atoms with van der Waals surface area (Å²) >= 11 is 1.62. The monoisotopic (exact) mass is 283 g/mol. The SMILES string of the molecule is CC(C)N(CC(N)=O)CC(=O)N(C)Cc1cccs1. The van der Waals surface area contributed by atoms with Crippen molar-refractivity contribution >= 4 is 23.2 Å². The Morgan fingerprint density at radius 3 is 2.53 bits per heavy atom. The van der Waals surface area contributed by atoms with Crippen LogP contribution in [0.2, 0.25) is 0 Å². The van der Waals surface area contributed by atoms with Gasteiger partial charge in [0.25, 0.3) is 0 Å². The van der Waals surface area contributed by atoms with E-state index in [0.29, 0.717) is 6.54 Å². The van der Waals surface area contributed by atoms with Crippen LogP contribution in [0.15, 0.2) is 17.5 Å². The zero-order valence-electron chi connectivity index (χ0n) is 11.6. The second-order valence-electron chi connectivity index (χ2n) is 4.79. The highest BCUT2D eigenvalue weighted by molar-refractivity contribution is 7.09. The first-order valence-corrected chi connectivity index (χ1v) is 7.06. The molecule has 5 nitrogen and oxygen atoms in total. The van der Waals surface area contributed by atoms with Gasteiger partial charge in [-0.25, -0.2) is 0 Å². The summed E-state index contributed by atoms with van der Waals surface area (Å²) in [7, 11) is 1.77. The second-order valence-corrected chi connectivity index (χ2v) is 5.83. The molecule has 2 N–H and O–H groups in total. The number of nitrogens with zero attached hydrogens (tertiary/aromatic N) is 2. The lowest BCUT2D eigenvalue weighted by atomic mass is 10.3. The minimum Gasteiger partial charge on any atom is -0.369 e. The average Bonchev–Trinajstić information content (AvgIpc) is 2.79. The standard InChI is InChI=1S/C13H21N3O2S/c1-10(2)16(8-12(14)17)9-13(18)15(3)7-11-5-4-6-19-11/h4-6,10H,7-9H2,1-3H3,(H2,14,17). The van der Waals surface area contributed by atoms with E-state index in [2.05, 4.69) is 0 Å². The summed E-state index contributed by atoms with van der Waals surface area (Å²) in [4.78, 5) is 27.7. The van der Waals surface area contributed by atoms with Crippen LogP contribution in [0, 0.1) is 0 Å². The molecule has 0 aliphatic carbocycles. The van der Waals surface area contributed by atoms with Crippen LogP contribution in [-0.4, -0.2) is 47.8 Å². The molecule has 106 valence electrons. The van der Waals surface area contributed by atoms with E-state index in [1.807, 2.05) is 31.4 Å². The number of carbonyl (C=O) groups is 2. The van der Waals surface area contributed by atoms with Crippen molar-refractivity contribution in [2.75, 3.05) is 20.1 Å². The minimum absolute atomic E-state index is 0.0108. The van der Waals surface area contributed by atoms with Gasteiger partial charge >= 0.3 is 0 Å². The molecule has 0 spiro atoms. The Morgan fingerprint density at radius 1 is 1.37 bits per heavy atom. The van der Waals surface area contributed by atoms with Crippen molar-refractivity contribution in [2.24, 2.45) is 5.73 Å². The summed E-state index contributed by atoms with van der Waals surface area (Å²) in [6.07, 6.45) is 0. The van der Waals surface area contributed by atoms with E-state index >= 15 is 0 Å². The van der Waals surface area contributed by atoms with E-state index < -0.39 is 5.91 Å². The Bertz CT molecular complexity index is 418. The van der Waals surface area contributed by atoms with Gasteiger partial charge in [-0.15, -0.1) is 11.3 Å². The molecule has 0 aliphatic rings. The number of rotatable bonds is 7. The summed E-state index contributed by atoms with van der Waals surface area (Å²) in [5.74, 6) is -0.425. The number of nitrogens with two attached hydrogens (primary N) is 1. The van der Waals surface area contributed by atoms with Gasteiger partial charge in [0, 0.05) is 18.0 Å². The van der Waals surface area contributed by atoms with E-state index in [4.69, 9.17) is 5.73 Å². The Kier molecular flexibility index (Phi) is 5.98. The first kappa shape index (κ1) is 15.7. The van der Waals surface area contributed by atoms with Crippen LogP contribution in [0.25, 0.3) is 0 Å². The maximum Gasteiger partial charge on any atom is 0.236 e. The van der Waals surface area contributed by atoms with E-state index in [-0.39, 0.29) is 25.0 Å². The van der Waals surface area contributed by atoms with Gasteiger partial charge in [0.15, 0.2) is 0 Å². The predicted octanol–water partition coefficient (Wildman–Crippen LogP) is 0.902. The third-order valence-electron chi connectivity index (χ3n) is 2.83. The zero-order chi connectivity index (χ0) is 14.4. The largest absolute Gasteiger partial charge is 0.369 e. The fourth-order valence-corrected chi connectivity index (χ4v) is 2.40. The molecule has 0 radical (unpaired) electrons. The molecule has 6 heteroatoms. The number of thiophene rings is 1. The van der Waals surface area contributed by atoms with Gasteiger partial charge in [-0.1, -0.05) is 6.07 Å². The predicted molar refractivity (Wildman–Crippen MR) is 76.7 cm³/mol. The van der Waals surface area contributed by atoms with Gasteiger partial charge in [0.2, 0.25) is 11.8 Å². The second kappa shape index (κ2) is 7.25. The lowest BCUT2D eigenvalue weighted by molar-refractivity contribution is -0.132. The number of hydrogen-bond donors (Lipinski definition) is 1. The molecule has 1 aromatic rings. The van der Waals surface area contributed by atoms with Crippen LogP contribution in [0.3, 0.4) is 0 Å². The van der Waals surface area contributed by atoms with Gasteiger partial charge in [0.05, 0.1) is 19.6 Å². The van der Waals surface area contributed by atoms with E-state index in [1.54, 1.807) is 28.2 Å². The van der Waals surface area contributed by atoms with Crippen LogP contribution in [-0.2, 0) is 16.1 Å². The maximum absolute atomic E-state index is 12.1. The fourth-order valence-electron chi connectivity index (χ4n) is 1.64. The normalized spacial score (nSPS) is 11.0. The van der Waals surface area contributed by atoms with Crippen molar-refractivity contribution in [3.05, 3.63) is 22.4 Å². The highest BCUT2D eigenvalue weighted by atomic mass is 32.1. The molecule has 1 heterocycles. The number of likely N-dealkylation sites (N-methyl/N-ethyl adjacent to an activating group) is 1. The number of amides is 2. The van der Waals surface area contributed by atoms with E-state index in [0.717, 1.165) is 4.88 Å². The fraction of sp³-hybridized carbons (Fsp3) is 0.538. The van der Waals surface area contributed by atoms with Crippen LogP contribution in [0.1, 0.15) is 18.7 Å².